The van der Waals surface area contributed by atoms with Gasteiger partial charge in [0.05, 0.1) is 24.1 Å². The Hall–Kier alpha value is -2.63. The van der Waals surface area contributed by atoms with Gasteiger partial charge in [-0.3, -0.25) is 14.3 Å². The fourth-order valence-electron chi connectivity index (χ4n) is 5.33. The first kappa shape index (κ1) is 24.5. The van der Waals surface area contributed by atoms with E-state index in [1.807, 2.05) is 15.6 Å². The van der Waals surface area contributed by atoms with Crippen molar-refractivity contribution in [2.45, 2.75) is 76.5 Å². The van der Waals surface area contributed by atoms with Gasteiger partial charge in [0.1, 0.15) is 12.1 Å². The lowest BCUT2D eigenvalue weighted by molar-refractivity contribution is -0.139. The van der Waals surface area contributed by atoms with Gasteiger partial charge in [-0.1, -0.05) is 30.9 Å². The summed E-state index contributed by atoms with van der Waals surface area (Å²) < 4.78 is 1.82. The minimum absolute atomic E-state index is 0.00562. The number of carbonyl (C=O) groups is 2. The molecule has 34 heavy (non-hydrogen) atoms. The second kappa shape index (κ2) is 10.7. The van der Waals surface area contributed by atoms with E-state index in [1.165, 1.54) is 6.42 Å². The zero-order chi connectivity index (χ0) is 24.2. The molecule has 0 spiro atoms. The van der Waals surface area contributed by atoms with Crippen molar-refractivity contribution in [3.8, 4) is 6.07 Å². The van der Waals surface area contributed by atoms with Gasteiger partial charge >= 0.3 is 0 Å². The predicted molar refractivity (Wildman–Crippen MR) is 131 cm³/mol. The summed E-state index contributed by atoms with van der Waals surface area (Å²) in [5.74, 6) is 0.0234. The number of amides is 2. The molecule has 0 radical (unpaired) electrons. The SMILES string of the molecule is CN[C@@H](C)C(=O)N[C@H](C(=O)N1CCC[C@H]1Cn1nc(C#N)c2cc(Cl)ccc21)C1CCCCC1. The topological polar surface area (TPSA) is 103 Å². The van der Waals surface area contributed by atoms with Gasteiger partial charge in [0.25, 0.3) is 0 Å². The average molecular weight is 485 g/mol. The Morgan fingerprint density at radius 3 is 2.71 bits per heavy atom. The highest BCUT2D eigenvalue weighted by Crippen LogP contribution is 2.30. The smallest absolute Gasteiger partial charge is 0.245 e. The maximum absolute atomic E-state index is 13.9. The number of rotatable bonds is 7. The van der Waals surface area contributed by atoms with Crippen LogP contribution in [0.15, 0.2) is 18.2 Å². The van der Waals surface area contributed by atoms with Crippen LogP contribution >= 0.6 is 11.6 Å². The number of nitriles is 1. The molecule has 2 amide bonds. The standard InChI is InChI=1S/C25H33ClN6O2/c1-16(28-2)24(33)29-23(17-7-4-3-5-8-17)25(34)31-12-6-9-19(31)15-32-22-11-10-18(26)13-20(22)21(14-27)30-32/h10-11,13,16-17,19,23,28H,3-9,12,15H2,1-2H3,(H,29,33)/t16-,19-,23-/m0/s1. The summed E-state index contributed by atoms with van der Waals surface area (Å²) in [6.07, 6.45) is 7.05. The van der Waals surface area contributed by atoms with Crippen LogP contribution in [0.2, 0.25) is 5.02 Å². The van der Waals surface area contributed by atoms with Gasteiger partial charge in [-0.2, -0.15) is 10.4 Å². The number of fused-ring (bicyclic) bond motifs is 1. The van der Waals surface area contributed by atoms with Crippen molar-refractivity contribution in [3.05, 3.63) is 28.9 Å². The predicted octanol–water partition coefficient (Wildman–Crippen LogP) is 3.23. The van der Waals surface area contributed by atoms with E-state index in [0.29, 0.717) is 23.8 Å². The van der Waals surface area contributed by atoms with E-state index in [0.717, 1.165) is 49.4 Å². The molecule has 2 N–H and O–H groups in total. The summed E-state index contributed by atoms with van der Waals surface area (Å²) in [5.41, 5.74) is 1.17. The van der Waals surface area contributed by atoms with Crippen LogP contribution in [0.25, 0.3) is 10.9 Å². The lowest BCUT2D eigenvalue weighted by Gasteiger charge is -2.35. The first-order valence-corrected chi connectivity index (χ1v) is 12.6. The van der Waals surface area contributed by atoms with Crippen LogP contribution < -0.4 is 10.6 Å². The Morgan fingerprint density at radius 2 is 2.00 bits per heavy atom. The van der Waals surface area contributed by atoms with Crippen molar-refractivity contribution in [3.63, 3.8) is 0 Å². The van der Waals surface area contributed by atoms with Gasteiger partial charge in [-0.15, -0.1) is 0 Å². The first-order valence-electron chi connectivity index (χ1n) is 12.3. The van der Waals surface area contributed by atoms with Gasteiger partial charge in [0, 0.05) is 17.0 Å². The molecule has 1 saturated carbocycles. The van der Waals surface area contributed by atoms with Crippen molar-refractivity contribution < 1.29 is 9.59 Å². The minimum Gasteiger partial charge on any atom is -0.343 e. The second-order valence-corrected chi connectivity index (χ2v) is 9.96. The summed E-state index contributed by atoms with van der Waals surface area (Å²) in [6, 6.07) is 6.66. The Labute approximate surface area is 205 Å². The molecule has 1 aliphatic carbocycles. The highest BCUT2D eigenvalue weighted by atomic mass is 35.5. The number of benzene rings is 1. The van der Waals surface area contributed by atoms with E-state index in [-0.39, 0.29) is 29.8 Å². The average Bonchev–Trinajstić information content (AvgIpc) is 3.46. The van der Waals surface area contributed by atoms with Crippen LogP contribution in [0.5, 0.6) is 0 Å². The number of likely N-dealkylation sites (tertiary alicyclic amines) is 1. The van der Waals surface area contributed by atoms with Crippen molar-refractivity contribution >= 4 is 34.3 Å². The zero-order valence-corrected chi connectivity index (χ0v) is 20.6. The molecule has 0 unspecified atom stereocenters. The summed E-state index contributed by atoms with van der Waals surface area (Å²) >= 11 is 6.14. The number of carbonyl (C=O) groups excluding carboxylic acids is 2. The number of nitrogens with zero attached hydrogens (tertiary/aromatic N) is 4. The van der Waals surface area contributed by atoms with E-state index in [1.54, 1.807) is 26.1 Å². The summed E-state index contributed by atoms with van der Waals surface area (Å²) in [4.78, 5) is 28.5. The lowest BCUT2D eigenvalue weighted by Crippen LogP contribution is -2.56. The summed E-state index contributed by atoms with van der Waals surface area (Å²) in [5, 5.41) is 21.4. The van der Waals surface area contributed by atoms with Crippen molar-refractivity contribution in [1.82, 2.24) is 25.3 Å². The number of likely N-dealkylation sites (N-methyl/N-ethyl adjacent to an activating group) is 1. The molecule has 9 heteroatoms. The van der Waals surface area contributed by atoms with Gasteiger partial charge in [-0.05, 0) is 63.8 Å². The Kier molecular flexibility index (Phi) is 7.74. The zero-order valence-electron chi connectivity index (χ0n) is 19.9. The largest absolute Gasteiger partial charge is 0.343 e. The Balaban J connectivity index is 1.57. The number of hydrogen-bond acceptors (Lipinski definition) is 5. The maximum Gasteiger partial charge on any atom is 0.245 e. The lowest BCUT2D eigenvalue weighted by atomic mass is 9.83. The number of halogens is 1. The normalized spacial score (nSPS) is 20.8. The van der Waals surface area contributed by atoms with Crippen LogP contribution in [0.3, 0.4) is 0 Å². The number of hydrogen-bond donors (Lipinski definition) is 2. The van der Waals surface area contributed by atoms with E-state index < -0.39 is 6.04 Å². The molecule has 1 aromatic heterocycles. The number of nitrogens with one attached hydrogen (secondary N) is 2. The third-order valence-corrected chi connectivity index (χ3v) is 7.61. The van der Waals surface area contributed by atoms with Gasteiger partial charge in [0.2, 0.25) is 11.8 Å². The molecule has 2 aliphatic rings. The van der Waals surface area contributed by atoms with Crippen LogP contribution in [0.1, 0.15) is 57.6 Å². The molecule has 3 atom stereocenters. The maximum atomic E-state index is 13.9. The molecule has 1 aromatic carbocycles. The molecular formula is C25H33ClN6O2. The highest BCUT2D eigenvalue weighted by Gasteiger charge is 2.39. The summed E-state index contributed by atoms with van der Waals surface area (Å²) in [7, 11) is 1.75. The third-order valence-electron chi connectivity index (χ3n) is 7.37. The second-order valence-electron chi connectivity index (χ2n) is 9.53. The van der Waals surface area contributed by atoms with Gasteiger partial charge in [-0.25, -0.2) is 0 Å². The molecule has 4 rings (SSSR count). The molecule has 182 valence electrons. The van der Waals surface area contributed by atoms with Crippen molar-refractivity contribution in [2.75, 3.05) is 13.6 Å². The molecule has 8 nitrogen and oxygen atoms in total. The monoisotopic (exact) mass is 484 g/mol. The molecular weight excluding hydrogens is 452 g/mol. The fourth-order valence-corrected chi connectivity index (χ4v) is 5.50. The van der Waals surface area contributed by atoms with Crippen LogP contribution in [-0.2, 0) is 16.1 Å². The van der Waals surface area contributed by atoms with Crippen LogP contribution in [-0.4, -0.2) is 58.2 Å². The van der Waals surface area contributed by atoms with E-state index in [9.17, 15) is 14.9 Å². The van der Waals surface area contributed by atoms with Gasteiger partial charge in [0.15, 0.2) is 5.69 Å². The molecule has 1 aliphatic heterocycles. The van der Waals surface area contributed by atoms with E-state index in [4.69, 9.17) is 11.6 Å². The van der Waals surface area contributed by atoms with Crippen LogP contribution in [0.4, 0.5) is 0 Å². The number of aromatic nitrogens is 2. The Morgan fingerprint density at radius 1 is 1.24 bits per heavy atom. The van der Waals surface area contributed by atoms with Crippen LogP contribution in [0, 0.1) is 17.2 Å². The summed E-state index contributed by atoms with van der Waals surface area (Å²) in [6.45, 7) is 2.97. The molecule has 1 saturated heterocycles. The minimum atomic E-state index is -0.507. The Bertz CT molecular complexity index is 1090. The van der Waals surface area contributed by atoms with E-state index >= 15 is 0 Å². The highest BCUT2D eigenvalue weighted by molar-refractivity contribution is 6.31. The van der Waals surface area contributed by atoms with E-state index in [2.05, 4.69) is 21.8 Å². The fraction of sp³-hybridized carbons (Fsp3) is 0.600. The molecule has 2 fully saturated rings. The molecule has 2 heterocycles. The quantitative estimate of drug-likeness (QED) is 0.628. The molecule has 2 aromatic rings. The first-order chi connectivity index (χ1) is 16.4. The molecule has 0 bridgehead atoms. The van der Waals surface area contributed by atoms with Crippen molar-refractivity contribution in [2.24, 2.45) is 5.92 Å². The van der Waals surface area contributed by atoms with Crippen molar-refractivity contribution in [1.29, 1.82) is 5.26 Å². The third kappa shape index (κ3) is 5.06. The van der Waals surface area contributed by atoms with Gasteiger partial charge < -0.3 is 15.5 Å².